The van der Waals surface area contributed by atoms with E-state index < -0.39 is 0 Å². The largest absolute Gasteiger partial charge is 0.493 e. The molecule has 1 amide bonds. The molecule has 4 heterocycles. The van der Waals surface area contributed by atoms with Crippen LogP contribution in [0, 0.1) is 0 Å². The number of rotatable bonds is 8. The van der Waals surface area contributed by atoms with Gasteiger partial charge in [0.1, 0.15) is 6.33 Å². The van der Waals surface area contributed by atoms with Gasteiger partial charge in [-0.25, -0.2) is 9.50 Å². The number of hydrogen-bond donors (Lipinski definition) is 3. The zero-order valence-corrected chi connectivity index (χ0v) is 22.3. The predicted molar refractivity (Wildman–Crippen MR) is 147 cm³/mol. The van der Waals surface area contributed by atoms with Gasteiger partial charge in [0.15, 0.2) is 11.4 Å². The van der Waals surface area contributed by atoms with E-state index in [1.165, 1.54) is 16.5 Å². The monoisotopic (exact) mass is 516 g/mol. The molecule has 9 nitrogen and oxygen atoms in total. The Labute approximate surface area is 222 Å². The van der Waals surface area contributed by atoms with E-state index in [2.05, 4.69) is 57.7 Å². The Morgan fingerprint density at radius 3 is 2.71 bits per heavy atom. The Morgan fingerprint density at radius 1 is 1.18 bits per heavy atom. The number of benzene rings is 1. The van der Waals surface area contributed by atoms with Crippen LogP contribution in [0.25, 0.3) is 27.8 Å². The zero-order valence-electron chi connectivity index (χ0n) is 22.3. The van der Waals surface area contributed by atoms with Crippen LogP contribution in [-0.4, -0.2) is 64.4 Å². The summed E-state index contributed by atoms with van der Waals surface area (Å²) in [6, 6.07) is 9.51. The molecule has 2 fully saturated rings. The molecular weight excluding hydrogens is 480 g/mol. The summed E-state index contributed by atoms with van der Waals surface area (Å²) in [5, 5.41) is 12.1. The molecule has 200 valence electrons. The van der Waals surface area contributed by atoms with Crippen molar-refractivity contribution in [2.24, 2.45) is 0 Å². The van der Waals surface area contributed by atoms with Crippen molar-refractivity contribution in [1.82, 2.24) is 30.2 Å². The molecule has 0 bridgehead atoms. The van der Waals surface area contributed by atoms with Gasteiger partial charge < -0.3 is 25.1 Å². The van der Waals surface area contributed by atoms with Gasteiger partial charge in [0.25, 0.3) is 0 Å². The third kappa shape index (κ3) is 4.76. The van der Waals surface area contributed by atoms with E-state index in [0.29, 0.717) is 49.0 Å². The molecule has 6 rings (SSSR count). The molecule has 1 aromatic carbocycles. The number of carbonyl (C=O) groups excluding carboxylic acids is 1. The average Bonchev–Trinajstić information content (AvgIpc) is 3.53. The smallest absolute Gasteiger partial charge is 0.234 e. The number of fused-ring (bicyclic) bond motifs is 2. The Kier molecular flexibility index (Phi) is 6.80. The van der Waals surface area contributed by atoms with Crippen molar-refractivity contribution in [2.45, 2.75) is 63.5 Å². The number of aromatic nitrogens is 4. The number of H-pyrrole nitrogens is 1. The van der Waals surface area contributed by atoms with Gasteiger partial charge in [-0.3, -0.25) is 4.79 Å². The molecule has 3 aromatic heterocycles. The van der Waals surface area contributed by atoms with Crippen LogP contribution < -0.4 is 15.4 Å². The lowest BCUT2D eigenvalue weighted by molar-refractivity contribution is -0.124. The van der Waals surface area contributed by atoms with E-state index in [1.807, 2.05) is 12.3 Å². The summed E-state index contributed by atoms with van der Waals surface area (Å²) < 4.78 is 12.5. The fraction of sp³-hybridized carbons (Fsp3) is 0.483. The van der Waals surface area contributed by atoms with Gasteiger partial charge in [-0.05, 0) is 66.8 Å². The van der Waals surface area contributed by atoms with Crippen LogP contribution >= 0.6 is 0 Å². The number of aromatic amines is 1. The number of methoxy groups -OCH3 is 1. The second-order valence-electron chi connectivity index (χ2n) is 10.9. The lowest BCUT2D eigenvalue weighted by Crippen LogP contribution is -2.51. The maximum atomic E-state index is 12.1. The first kappa shape index (κ1) is 24.9. The molecule has 1 aliphatic carbocycles. The molecular formula is C29H36N6O3. The third-order valence-electron chi connectivity index (χ3n) is 8.04. The first-order valence-electron chi connectivity index (χ1n) is 13.6. The van der Waals surface area contributed by atoms with Gasteiger partial charge in [-0.1, -0.05) is 19.9 Å². The first-order valence-corrected chi connectivity index (χ1v) is 13.6. The van der Waals surface area contributed by atoms with Crippen LogP contribution in [0.5, 0.6) is 5.75 Å². The van der Waals surface area contributed by atoms with Crippen LogP contribution in [0.4, 0.5) is 0 Å². The maximum Gasteiger partial charge on any atom is 0.234 e. The summed E-state index contributed by atoms with van der Waals surface area (Å²) in [5.74, 6) is 1.64. The topological polar surface area (TPSA) is 106 Å². The zero-order chi connectivity index (χ0) is 26.2. The fourth-order valence-electron chi connectivity index (χ4n) is 5.96. The summed E-state index contributed by atoms with van der Waals surface area (Å²) in [5.41, 5.74) is 6.68. The lowest BCUT2D eigenvalue weighted by atomic mass is 9.81. The van der Waals surface area contributed by atoms with Crippen LogP contribution in [-0.2, 0) is 9.53 Å². The Morgan fingerprint density at radius 2 is 2.00 bits per heavy atom. The van der Waals surface area contributed by atoms with Crippen LogP contribution in [0.1, 0.15) is 62.5 Å². The molecule has 4 aromatic rings. The molecule has 1 saturated carbocycles. The van der Waals surface area contributed by atoms with E-state index in [1.54, 1.807) is 18.0 Å². The number of ether oxygens (including phenoxy) is 2. The highest BCUT2D eigenvalue weighted by Crippen LogP contribution is 2.40. The standard InChI is InChI=1S/C29H36N6O3/c1-17(2)27-23-10-19(18-4-7-21(8-5-18)30-12-26(36)33-22-14-38-15-22)6-9-24(23)34-28(27)20-11-25(37-3)29-31-16-32-35(29)13-20/h6,9-11,13,16-18,21-22,30,34H,4-5,7-8,12,14-15H2,1-3H3,(H,33,36). The van der Waals surface area contributed by atoms with Crippen molar-refractivity contribution in [3.05, 3.63) is 47.9 Å². The number of carbonyl (C=O) groups is 1. The molecule has 1 saturated heterocycles. The third-order valence-corrected chi connectivity index (χ3v) is 8.04. The van der Waals surface area contributed by atoms with Gasteiger partial charge >= 0.3 is 0 Å². The molecule has 0 radical (unpaired) electrons. The van der Waals surface area contributed by atoms with E-state index in [-0.39, 0.29) is 11.9 Å². The quantitative estimate of drug-likeness (QED) is 0.325. The van der Waals surface area contributed by atoms with Gasteiger partial charge in [0.05, 0.1) is 38.6 Å². The van der Waals surface area contributed by atoms with E-state index in [9.17, 15) is 4.79 Å². The number of amides is 1. The van der Waals surface area contributed by atoms with Crippen molar-refractivity contribution < 1.29 is 14.3 Å². The fourth-order valence-corrected chi connectivity index (χ4v) is 5.96. The molecule has 9 heteroatoms. The molecule has 0 atom stereocenters. The van der Waals surface area contributed by atoms with Crippen LogP contribution in [0.3, 0.4) is 0 Å². The number of nitrogens with one attached hydrogen (secondary N) is 3. The van der Waals surface area contributed by atoms with Gasteiger partial charge in [-0.2, -0.15) is 5.10 Å². The highest BCUT2D eigenvalue weighted by Gasteiger charge is 2.25. The minimum atomic E-state index is 0.0657. The Balaban J connectivity index is 1.20. The van der Waals surface area contributed by atoms with E-state index >= 15 is 0 Å². The summed E-state index contributed by atoms with van der Waals surface area (Å²) in [6.07, 6.45) is 7.96. The normalized spacial score (nSPS) is 20.2. The summed E-state index contributed by atoms with van der Waals surface area (Å²) in [6.45, 7) is 6.14. The van der Waals surface area contributed by atoms with Crippen molar-refractivity contribution in [1.29, 1.82) is 0 Å². The highest BCUT2D eigenvalue weighted by atomic mass is 16.5. The molecule has 38 heavy (non-hydrogen) atoms. The molecule has 2 aliphatic rings. The number of hydrogen-bond acceptors (Lipinski definition) is 6. The second kappa shape index (κ2) is 10.4. The minimum absolute atomic E-state index is 0.0657. The molecule has 3 N–H and O–H groups in total. The molecule has 0 spiro atoms. The number of pyridine rings is 1. The van der Waals surface area contributed by atoms with E-state index in [4.69, 9.17) is 9.47 Å². The van der Waals surface area contributed by atoms with Crippen molar-refractivity contribution in [3.63, 3.8) is 0 Å². The van der Waals surface area contributed by atoms with Gasteiger partial charge in [0, 0.05) is 28.7 Å². The highest BCUT2D eigenvalue weighted by molar-refractivity contribution is 5.92. The van der Waals surface area contributed by atoms with Crippen LogP contribution in [0.15, 0.2) is 36.8 Å². The van der Waals surface area contributed by atoms with Crippen molar-refractivity contribution in [3.8, 4) is 17.0 Å². The molecule has 0 unspecified atom stereocenters. The van der Waals surface area contributed by atoms with Gasteiger partial charge in [-0.15, -0.1) is 0 Å². The van der Waals surface area contributed by atoms with Gasteiger partial charge in [0.2, 0.25) is 5.91 Å². The van der Waals surface area contributed by atoms with Crippen LogP contribution in [0.2, 0.25) is 0 Å². The average molecular weight is 517 g/mol. The SMILES string of the molecule is COc1cc(-c2[nH]c3ccc(C4CCC(NCC(=O)NC5COC5)CC4)cc3c2C(C)C)cn2ncnc12. The summed E-state index contributed by atoms with van der Waals surface area (Å²) >= 11 is 0. The summed E-state index contributed by atoms with van der Waals surface area (Å²) in [4.78, 5) is 20.1. The summed E-state index contributed by atoms with van der Waals surface area (Å²) in [7, 11) is 1.67. The van der Waals surface area contributed by atoms with Crippen molar-refractivity contribution >= 4 is 22.5 Å². The first-order chi connectivity index (χ1) is 18.5. The van der Waals surface area contributed by atoms with E-state index in [0.717, 1.165) is 42.5 Å². The lowest BCUT2D eigenvalue weighted by Gasteiger charge is -2.30. The Bertz CT molecular complexity index is 1450. The maximum absolute atomic E-state index is 12.1. The number of nitrogens with zero attached hydrogens (tertiary/aromatic N) is 3. The second-order valence-corrected chi connectivity index (χ2v) is 10.9. The minimum Gasteiger partial charge on any atom is -0.493 e. The van der Waals surface area contributed by atoms with Crippen molar-refractivity contribution in [2.75, 3.05) is 26.9 Å². The molecule has 1 aliphatic heterocycles. The predicted octanol–water partition coefficient (Wildman–Crippen LogP) is 4.14. The Hall–Kier alpha value is -3.43.